The second-order valence-corrected chi connectivity index (χ2v) is 12.7. The molecule has 0 amide bonds. The molecule has 0 radical (unpaired) electrons. The molecule has 0 aliphatic rings. The Balaban J connectivity index is 0.000000318. The second kappa shape index (κ2) is 14.4. The molecular formula is C46H37BN2O2. The molecule has 0 saturated carbocycles. The number of aromatic nitrogens is 2. The molecule has 8 rings (SSSR count). The summed E-state index contributed by atoms with van der Waals surface area (Å²) in [6, 6.07) is 47.7. The summed E-state index contributed by atoms with van der Waals surface area (Å²) in [4.78, 5) is 10.8. The zero-order valence-electron chi connectivity index (χ0n) is 28.7. The first-order valence-electron chi connectivity index (χ1n) is 17.0. The number of hydrogen-bond acceptors (Lipinski definition) is 4. The van der Waals surface area contributed by atoms with E-state index < -0.39 is 7.12 Å². The standard InChI is InChI=1S/C38H28N2.C8H9BO2/c1-4-26-15-19-27(20-16-26)29-21-22-30(25(3)23-29)36-35(28-17-13-24(2)14-18-28)39-37-33-11-7-5-9-31(33)32-10-6-8-12-34(32)38(37)40-36;1-2-7-3-5-8(6-4-7)9(10)11/h4-23H,1H2,2-3H3;2-6,10-11H,1H2. The molecule has 4 nitrogen and oxygen atoms in total. The van der Waals surface area contributed by atoms with Gasteiger partial charge in [0, 0.05) is 21.9 Å². The molecule has 0 saturated heterocycles. The van der Waals surface area contributed by atoms with Crippen LogP contribution < -0.4 is 5.46 Å². The van der Waals surface area contributed by atoms with Crippen LogP contribution in [-0.4, -0.2) is 27.1 Å². The van der Waals surface area contributed by atoms with E-state index >= 15 is 0 Å². The molecule has 246 valence electrons. The Bertz CT molecular complexity index is 2540. The van der Waals surface area contributed by atoms with Gasteiger partial charge in [-0.15, -0.1) is 0 Å². The van der Waals surface area contributed by atoms with Crippen molar-refractivity contribution in [2.75, 3.05) is 0 Å². The van der Waals surface area contributed by atoms with Crippen molar-refractivity contribution >= 4 is 57.3 Å². The van der Waals surface area contributed by atoms with Gasteiger partial charge in [-0.25, -0.2) is 9.97 Å². The Kier molecular flexibility index (Phi) is 9.41. The quantitative estimate of drug-likeness (QED) is 0.138. The van der Waals surface area contributed by atoms with Crippen LogP contribution in [0.5, 0.6) is 0 Å². The molecule has 0 unspecified atom stereocenters. The smallest absolute Gasteiger partial charge is 0.423 e. The van der Waals surface area contributed by atoms with Crippen molar-refractivity contribution in [1.82, 2.24) is 9.97 Å². The van der Waals surface area contributed by atoms with Crippen LogP contribution in [0.25, 0.3) is 78.4 Å². The van der Waals surface area contributed by atoms with Crippen LogP contribution in [0, 0.1) is 13.8 Å². The molecule has 51 heavy (non-hydrogen) atoms. The fraction of sp³-hybridized carbons (Fsp3) is 0.0435. The highest BCUT2D eigenvalue weighted by molar-refractivity contribution is 6.58. The average Bonchev–Trinajstić information content (AvgIpc) is 3.18. The van der Waals surface area contributed by atoms with Gasteiger partial charge in [-0.2, -0.15) is 0 Å². The van der Waals surface area contributed by atoms with Crippen LogP contribution >= 0.6 is 0 Å². The third-order valence-electron chi connectivity index (χ3n) is 9.31. The maximum absolute atomic E-state index is 8.72. The molecule has 0 spiro atoms. The van der Waals surface area contributed by atoms with Gasteiger partial charge in [0.25, 0.3) is 0 Å². The lowest BCUT2D eigenvalue weighted by molar-refractivity contribution is 0.426. The molecule has 1 aromatic heterocycles. The SMILES string of the molecule is C=Cc1ccc(-c2ccc(-c3nc4c5ccccc5c5ccccc5c4nc3-c3ccc(C)cc3)c(C)c2)cc1.C=Cc1ccc(B(O)O)cc1. The predicted molar refractivity (Wildman–Crippen MR) is 217 cm³/mol. The third kappa shape index (κ3) is 6.73. The van der Waals surface area contributed by atoms with E-state index in [0.29, 0.717) is 5.46 Å². The van der Waals surface area contributed by atoms with Crippen molar-refractivity contribution in [3.63, 3.8) is 0 Å². The highest BCUT2D eigenvalue weighted by Crippen LogP contribution is 2.39. The molecular weight excluding hydrogens is 623 g/mol. The average molecular weight is 661 g/mol. The highest BCUT2D eigenvalue weighted by atomic mass is 16.4. The lowest BCUT2D eigenvalue weighted by Gasteiger charge is -2.16. The van der Waals surface area contributed by atoms with Gasteiger partial charge in [-0.05, 0) is 57.9 Å². The Morgan fingerprint density at radius 2 is 0.980 bits per heavy atom. The van der Waals surface area contributed by atoms with E-state index in [9.17, 15) is 0 Å². The largest absolute Gasteiger partial charge is 0.488 e. The zero-order valence-corrected chi connectivity index (χ0v) is 28.7. The van der Waals surface area contributed by atoms with Crippen LogP contribution in [0.15, 0.2) is 153 Å². The normalized spacial score (nSPS) is 10.9. The molecule has 0 bridgehead atoms. The first kappa shape index (κ1) is 33.4. The van der Waals surface area contributed by atoms with Gasteiger partial charge in [0.1, 0.15) is 0 Å². The predicted octanol–water partition coefficient (Wildman–Crippen LogP) is 10.2. The fourth-order valence-corrected chi connectivity index (χ4v) is 6.49. The molecule has 5 heteroatoms. The van der Waals surface area contributed by atoms with Crippen LogP contribution in [0.1, 0.15) is 22.3 Å². The summed E-state index contributed by atoms with van der Waals surface area (Å²) >= 11 is 0. The maximum atomic E-state index is 8.72. The van der Waals surface area contributed by atoms with Gasteiger partial charge in [-0.3, -0.25) is 0 Å². The molecule has 0 fully saturated rings. The van der Waals surface area contributed by atoms with E-state index in [1.807, 2.05) is 6.08 Å². The van der Waals surface area contributed by atoms with E-state index in [1.54, 1.807) is 30.3 Å². The summed E-state index contributed by atoms with van der Waals surface area (Å²) in [5.41, 5.74) is 13.2. The zero-order chi connectivity index (χ0) is 35.5. The summed E-state index contributed by atoms with van der Waals surface area (Å²) in [6.07, 6.45) is 3.57. The van der Waals surface area contributed by atoms with Gasteiger partial charge in [0.05, 0.1) is 22.4 Å². The Morgan fingerprint density at radius 3 is 1.49 bits per heavy atom. The van der Waals surface area contributed by atoms with Crippen molar-refractivity contribution in [3.05, 3.63) is 175 Å². The Morgan fingerprint density at radius 1 is 0.510 bits per heavy atom. The Labute approximate surface area is 298 Å². The van der Waals surface area contributed by atoms with E-state index in [-0.39, 0.29) is 0 Å². The minimum Gasteiger partial charge on any atom is -0.423 e. The van der Waals surface area contributed by atoms with Crippen LogP contribution in [0.3, 0.4) is 0 Å². The first-order chi connectivity index (χ1) is 24.8. The van der Waals surface area contributed by atoms with Crippen LogP contribution in [-0.2, 0) is 0 Å². The van der Waals surface area contributed by atoms with Gasteiger partial charge in [-0.1, -0.05) is 170 Å². The second-order valence-electron chi connectivity index (χ2n) is 12.7. The summed E-state index contributed by atoms with van der Waals surface area (Å²) in [5, 5.41) is 22.1. The van der Waals surface area contributed by atoms with Crippen LogP contribution in [0.4, 0.5) is 0 Å². The molecule has 1 heterocycles. The lowest BCUT2D eigenvalue weighted by atomic mass is 9.80. The van der Waals surface area contributed by atoms with E-state index in [4.69, 9.17) is 20.0 Å². The van der Waals surface area contributed by atoms with E-state index in [2.05, 4.69) is 142 Å². The summed E-state index contributed by atoms with van der Waals surface area (Å²) in [5.74, 6) is 0. The minimum absolute atomic E-state index is 0.496. The van der Waals surface area contributed by atoms with Crippen molar-refractivity contribution < 1.29 is 10.0 Å². The molecule has 0 atom stereocenters. The summed E-state index contributed by atoms with van der Waals surface area (Å²) in [7, 11) is -1.38. The number of aryl methyl sites for hydroxylation is 2. The topological polar surface area (TPSA) is 66.2 Å². The van der Waals surface area contributed by atoms with Crippen molar-refractivity contribution in [1.29, 1.82) is 0 Å². The number of nitrogens with zero attached hydrogens (tertiary/aromatic N) is 2. The molecule has 8 aromatic rings. The molecule has 0 aliphatic heterocycles. The van der Waals surface area contributed by atoms with E-state index in [1.165, 1.54) is 27.5 Å². The van der Waals surface area contributed by atoms with Gasteiger partial charge < -0.3 is 10.0 Å². The van der Waals surface area contributed by atoms with E-state index in [0.717, 1.165) is 61.0 Å². The van der Waals surface area contributed by atoms with Gasteiger partial charge >= 0.3 is 7.12 Å². The highest BCUT2D eigenvalue weighted by Gasteiger charge is 2.19. The van der Waals surface area contributed by atoms with Gasteiger partial charge in [0.2, 0.25) is 0 Å². The monoisotopic (exact) mass is 660 g/mol. The minimum atomic E-state index is -1.38. The number of rotatable bonds is 6. The third-order valence-corrected chi connectivity index (χ3v) is 9.31. The molecule has 0 aliphatic carbocycles. The summed E-state index contributed by atoms with van der Waals surface area (Å²) < 4.78 is 0. The van der Waals surface area contributed by atoms with Crippen molar-refractivity contribution in [2.24, 2.45) is 0 Å². The molecule has 2 N–H and O–H groups in total. The number of fused-ring (bicyclic) bond motifs is 6. The maximum Gasteiger partial charge on any atom is 0.488 e. The van der Waals surface area contributed by atoms with Crippen LogP contribution in [0.2, 0.25) is 0 Å². The number of benzene rings is 7. The Hall–Kier alpha value is -6.14. The molecule has 7 aromatic carbocycles. The fourth-order valence-electron chi connectivity index (χ4n) is 6.49. The number of hydrogen-bond donors (Lipinski definition) is 2. The van der Waals surface area contributed by atoms with Crippen molar-refractivity contribution in [3.8, 4) is 33.6 Å². The first-order valence-corrected chi connectivity index (χ1v) is 17.0. The summed E-state index contributed by atoms with van der Waals surface area (Å²) in [6.45, 7) is 11.7. The van der Waals surface area contributed by atoms with Gasteiger partial charge in [0.15, 0.2) is 0 Å². The van der Waals surface area contributed by atoms with Crippen molar-refractivity contribution in [2.45, 2.75) is 13.8 Å². The lowest BCUT2D eigenvalue weighted by Crippen LogP contribution is -2.29.